The molecule has 0 aromatic heterocycles. The van der Waals surface area contributed by atoms with E-state index in [1.165, 1.54) is 0 Å². The van der Waals surface area contributed by atoms with Crippen LogP contribution in [0.25, 0.3) is 0 Å². The Morgan fingerprint density at radius 3 is 3.00 bits per heavy atom. The Hall–Kier alpha value is -1.26. The zero-order valence-electron chi connectivity index (χ0n) is 11.4. The molecule has 1 aliphatic rings. The van der Waals surface area contributed by atoms with Gasteiger partial charge >= 0.3 is 0 Å². The molecule has 0 aliphatic carbocycles. The topological polar surface area (TPSA) is 50.4 Å². The SMILES string of the molecule is CC(C)CC(=O)Nc1ccc2c(c1)CNCCO2.Cl. The number of anilines is 1. The van der Waals surface area contributed by atoms with Crippen molar-refractivity contribution < 1.29 is 9.53 Å². The first-order chi connectivity index (χ1) is 8.65. The van der Waals surface area contributed by atoms with Gasteiger partial charge in [-0.1, -0.05) is 13.8 Å². The van der Waals surface area contributed by atoms with Crippen molar-refractivity contribution in [3.63, 3.8) is 0 Å². The molecule has 0 bridgehead atoms. The highest BCUT2D eigenvalue weighted by atomic mass is 35.5. The molecule has 0 saturated heterocycles. The number of ether oxygens (including phenoxy) is 1. The molecule has 0 atom stereocenters. The van der Waals surface area contributed by atoms with Gasteiger partial charge in [0.1, 0.15) is 12.4 Å². The fraction of sp³-hybridized carbons (Fsp3) is 0.500. The lowest BCUT2D eigenvalue weighted by Crippen LogP contribution is -2.16. The number of amides is 1. The van der Waals surface area contributed by atoms with Gasteiger partial charge in [0.25, 0.3) is 0 Å². The zero-order valence-corrected chi connectivity index (χ0v) is 12.2. The minimum Gasteiger partial charge on any atom is -0.492 e. The number of carbonyl (C=O) groups is 1. The quantitative estimate of drug-likeness (QED) is 0.897. The summed E-state index contributed by atoms with van der Waals surface area (Å²) in [4.78, 5) is 11.7. The number of rotatable bonds is 3. The Labute approximate surface area is 120 Å². The number of carbonyl (C=O) groups excluding carboxylic acids is 1. The van der Waals surface area contributed by atoms with Gasteiger partial charge in [0.15, 0.2) is 0 Å². The van der Waals surface area contributed by atoms with Gasteiger partial charge in [-0.15, -0.1) is 12.4 Å². The molecular weight excluding hydrogens is 264 g/mol. The second-order valence-electron chi connectivity index (χ2n) is 4.99. The van der Waals surface area contributed by atoms with Gasteiger partial charge < -0.3 is 15.4 Å². The molecule has 1 aromatic rings. The van der Waals surface area contributed by atoms with E-state index >= 15 is 0 Å². The molecule has 2 rings (SSSR count). The highest BCUT2D eigenvalue weighted by Crippen LogP contribution is 2.24. The number of fused-ring (bicyclic) bond motifs is 1. The summed E-state index contributed by atoms with van der Waals surface area (Å²) in [5, 5.41) is 6.20. The van der Waals surface area contributed by atoms with Gasteiger partial charge in [-0.3, -0.25) is 4.79 Å². The summed E-state index contributed by atoms with van der Waals surface area (Å²) in [7, 11) is 0. The lowest BCUT2D eigenvalue weighted by atomic mass is 10.1. The number of benzene rings is 1. The summed E-state index contributed by atoms with van der Waals surface area (Å²) in [5.41, 5.74) is 1.93. The summed E-state index contributed by atoms with van der Waals surface area (Å²) in [6.07, 6.45) is 0.547. The van der Waals surface area contributed by atoms with Gasteiger partial charge in [0, 0.05) is 30.8 Å². The molecule has 5 heteroatoms. The molecule has 0 saturated carbocycles. The van der Waals surface area contributed by atoms with Crippen LogP contribution in [-0.4, -0.2) is 19.1 Å². The van der Waals surface area contributed by atoms with E-state index in [0.717, 1.165) is 30.1 Å². The van der Waals surface area contributed by atoms with Crippen molar-refractivity contribution in [2.45, 2.75) is 26.8 Å². The first kappa shape index (κ1) is 15.8. The largest absolute Gasteiger partial charge is 0.492 e. The van der Waals surface area contributed by atoms with E-state index in [1.807, 2.05) is 32.0 Å². The molecular formula is C14H21ClN2O2. The molecule has 106 valence electrons. The fourth-order valence-corrected chi connectivity index (χ4v) is 1.98. The van der Waals surface area contributed by atoms with Crippen LogP contribution in [-0.2, 0) is 11.3 Å². The van der Waals surface area contributed by atoms with E-state index in [9.17, 15) is 4.79 Å². The van der Waals surface area contributed by atoms with Crippen LogP contribution in [0.3, 0.4) is 0 Å². The third-order valence-electron chi connectivity index (χ3n) is 2.79. The third kappa shape index (κ3) is 4.73. The van der Waals surface area contributed by atoms with Crippen molar-refractivity contribution >= 4 is 24.0 Å². The van der Waals surface area contributed by atoms with Crippen LogP contribution in [0.2, 0.25) is 0 Å². The van der Waals surface area contributed by atoms with Crippen LogP contribution in [0, 0.1) is 5.92 Å². The fourth-order valence-electron chi connectivity index (χ4n) is 1.98. The van der Waals surface area contributed by atoms with E-state index in [-0.39, 0.29) is 18.3 Å². The van der Waals surface area contributed by atoms with Crippen LogP contribution < -0.4 is 15.4 Å². The van der Waals surface area contributed by atoms with Gasteiger partial charge in [-0.05, 0) is 24.1 Å². The molecule has 0 unspecified atom stereocenters. The molecule has 4 nitrogen and oxygen atoms in total. The van der Waals surface area contributed by atoms with Crippen LogP contribution in [0.15, 0.2) is 18.2 Å². The minimum absolute atomic E-state index is 0. The summed E-state index contributed by atoms with van der Waals surface area (Å²) in [6, 6.07) is 5.79. The molecule has 1 amide bonds. The van der Waals surface area contributed by atoms with Crippen molar-refractivity contribution in [1.29, 1.82) is 0 Å². The molecule has 19 heavy (non-hydrogen) atoms. The monoisotopic (exact) mass is 284 g/mol. The van der Waals surface area contributed by atoms with Crippen LogP contribution in [0.4, 0.5) is 5.69 Å². The lowest BCUT2D eigenvalue weighted by Gasteiger charge is -2.11. The van der Waals surface area contributed by atoms with Crippen LogP contribution in [0.1, 0.15) is 25.8 Å². The summed E-state index contributed by atoms with van der Waals surface area (Å²) in [6.45, 7) is 6.39. The number of halogens is 1. The predicted molar refractivity (Wildman–Crippen MR) is 79.0 cm³/mol. The predicted octanol–water partition coefficient (Wildman–Crippen LogP) is 2.58. The summed E-state index contributed by atoms with van der Waals surface area (Å²) in [5.74, 6) is 1.34. The maximum absolute atomic E-state index is 11.7. The average Bonchev–Trinajstić information content (AvgIpc) is 2.52. The molecule has 1 heterocycles. The Morgan fingerprint density at radius 1 is 1.47 bits per heavy atom. The second-order valence-corrected chi connectivity index (χ2v) is 4.99. The normalized spacial score (nSPS) is 13.8. The second kappa shape index (κ2) is 7.36. The Morgan fingerprint density at radius 2 is 2.26 bits per heavy atom. The maximum Gasteiger partial charge on any atom is 0.224 e. The molecule has 1 aliphatic heterocycles. The van der Waals surface area contributed by atoms with Crippen molar-refractivity contribution in [3.8, 4) is 5.75 Å². The van der Waals surface area contributed by atoms with Gasteiger partial charge in [0.2, 0.25) is 5.91 Å². The van der Waals surface area contributed by atoms with Crippen molar-refractivity contribution in [3.05, 3.63) is 23.8 Å². The number of hydrogen-bond donors (Lipinski definition) is 2. The summed E-state index contributed by atoms with van der Waals surface area (Å²) < 4.78 is 5.60. The molecule has 2 N–H and O–H groups in total. The summed E-state index contributed by atoms with van der Waals surface area (Å²) >= 11 is 0. The first-order valence-corrected chi connectivity index (χ1v) is 6.41. The molecule has 0 spiro atoms. The number of nitrogens with one attached hydrogen (secondary N) is 2. The van der Waals surface area contributed by atoms with Gasteiger partial charge in [-0.25, -0.2) is 0 Å². The van der Waals surface area contributed by atoms with E-state index in [4.69, 9.17) is 4.74 Å². The van der Waals surface area contributed by atoms with Gasteiger partial charge in [-0.2, -0.15) is 0 Å². The van der Waals surface area contributed by atoms with Crippen molar-refractivity contribution in [2.75, 3.05) is 18.5 Å². The Bertz CT molecular complexity index is 435. The van der Waals surface area contributed by atoms with Crippen LogP contribution >= 0.6 is 12.4 Å². The standard InChI is InChI=1S/C14H20N2O2.ClH/c1-10(2)7-14(17)16-12-3-4-13-11(8-12)9-15-5-6-18-13;/h3-4,8,10,15H,5-7,9H2,1-2H3,(H,16,17);1H. The maximum atomic E-state index is 11.7. The third-order valence-corrected chi connectivity index (χ3v) is 2.79. The Kier molecular flexibility index (Phi) is 6.12. The lowest BCUT2D eigenvalue weighted by molar-refractivity contribution is -0.116. The minimum atomic E-state index is 0. The average molecular weight is 285 g/mol. The van der Waals surface area contributed by atoms with E-state index in [1.54, 1.807) is 0 Å². The van der Waals surface area contributed by atoms with Crippen LogP contribution in [0.5, 0.6) is 5.75 Å². The van der Waals surface area contributed by atoms with Crippen molar-refractivity contribution in [1.82, 2.24) is 5.32 Å². The number of hydrogen-bond acceptors (Lipinski definition) is 3. The van der Waals surface area contributed by atoms with Crippen molar-refractivity contribution in [2.24, 2.45) is 5.92 Å². The smallest absolute Gasteiger partial charge is 0.224 e. The van der Waals surface area contributed by atoms with E-state index < -0.39 is 0 Å². The Balaban J connectivity index is 0.00000180. The zero-order chi connectivity index (χ0) is 13.0. The highest BCUT2D eigenvalue weighted by Gasteiger charge is 2.10. The van der Waals surface area contributed by atoms with E-state index in [0.29, 0.717) is 18.9 Å². The molecule has 0 radical (unpaired) electrons. The molecule has 1 aromatic carbocycles. The highest BCUT2D eigenvalue weighted by molar-refractivity contribution is 5.91. The first-order valence-electron chi connectivity index (χ1n) is 6.41. The van der Waals surface area contributed by atoms with E-state index in [2.05, 4.69) is 10.6 Å². The molecule has 0 fully saturated rings. The van der Waals surface area contributed by atoms with Gasteiger partial charge in [0.05, 0.1) is 0 Å².